The van der Waals surface area contributed by atoms with Crippen molar-refractivity contribution in [2.24, 2.45) is 5.73 Å². The Kier molecular flexibility index (Phi) is 2.94. The number of aryl methyl sites for hydroxylation is 1. The summed E-state index contributed by atoms with van der Waals surface area (Å²) in [6, 6.07) is 0. The van der Waals surface area contributed by atoms with E-state index < -0.39 is 0 Å². The summed E-state index contributed by atoms with van der Waals surface area (Å²) >= 11 is 1.60. The van der Waals surface area contributed by atoms with E-state index in [0.717, 1.165) is 28.6 Å². The maximum Gasteiger partial charge on any atom is 0.234 e. The zero-order valence-electron chi connectivity index (χ0n) is 9.90. The topological polar surface area (TPSA) is 69.1 Å². The molecule has 0 amide bonds. The van der Waals surface area contributed by atoms with Gasteiger partial charge in [-0.25, -0.2) is 0 Å². The van der Waals surface area contributed by atoms with Crippen LogP contribution >= 0.6 is 11.3 Å². The molecule has 0 saturated carbocycles. The first-order valence-electron chi connectivity index (χ1n) is 5.44. The molecule has 2 aromatic heterocycles. The normalized spacial score (nSPS) is 12.5. The van der Waals surface area contributed by atoms with Crippen molar-refractivity contribution >= 4 is 16.3 Å². The quantitative estimate of drug-likeness (QED) is 0.878. The Morgan fingerprint density at radius 3 is 2.69 bits per heavy atom. The lowest BCUT2D eigenvalue weighted by atomic mass is 9.96. The highest BCUT2D eigenvalue weighted by atomic mass is 32.1. The van der Waals surface area contributed by atoms with E-state index in [0.29, 0.717) is 6.54 Å². The van der Waals surface area contributed by atoms with E-state index in [1.807, 2.05) is 4.52 Å². The van der Waals surface area contributed by atoms with Crippen molar-refractivity contribution in [1.29, 1.82) is 0 Å². The van der Waals surface area contributed by atoms with Gasteiger partial charge in [0.2, 0.25) is 4.96 Å². The maximum absolute atomic E-state index is 5.49. The summed E-state index contributed by atoms with van der Waals surface area (Å²) in [6.45, 7) is 7.04. The second-order valence-electron chi connectivity index (χ2n) is 4.86. The Hall–Kier alpha value is -1.01. The number of nitrogens with zero attached hydrogens (tertiary/aromatic N) is 4. The van der Waals surface area contributed by atoms with Crippen LogP contribution in [0, 0.1) is 0 Å². The van der Waals surface area contributed by atoms with E-state index in [1.54, 1.807) is 11.3 Å². The number of hydrogen-bond acceptors (Lipinski definition) is 5. The van der Waals surface area contributed by atoms with E-state index in [2.05, 4.69) is 36.1 Å². The van der Waals surface area contributed by atoms with Crippen molar-refractivity contribution < 1.29 is 0 Å². The van der Waals surface area contributed by atoms with Gasteiger partial charge in [-0.1, -0.05) is 32.1 Å². The van der Waals surface area contributed by atoms with Crippen molar-refractivity contribution in [2.75, 3.05) is 6.54 Å². The van der Waals surface area contributed by atoms with Crippen molar-refractivity contribution in [2.45, 2.75) is 39.0 Å². The third-order valence-corrected chi connectivity index (χ3v) is 3.26. The molecular weight excluding hydrogens is 222 g/mol. The van der Waals surface area contributed by atoms with Crippen LogP contribution in [0.1, 0.15) is 38.0 Å². The number of aromatic nitrogens is 4. The molecule has 88 valence electrons. The van der Waals surface area contributed by atoms with Crippen molar-refractivity contribution in [3.63, 3.8) is 0 Å². The van der Waals surface area contributed by atoms with Crippen LogP contribution in [0.5, 0.6) is 0 Å². The molecule has 6 heteroatoms. The van der Waals surface area contributed by atoms with Gasteiger partial charge in [0.25, 0.3) is 0 Å². The Morgan fingerprint density at radius 2 is 2.06 bits per heavy atom. The van der Waals surface area contributed by atoms with Gasteiger partial charge in [-0.15, -0.1) is 10.2 Å². The van der Waals surface area contributed by atoms with Gasteiger partial charge in [0, 0.05) is 11.8 Å². The average Bonchev–Trinajstić information content (AvgIpc) is 2.70. The highest BCUT2D eigenvalue weighted by Gasteiger charge is 2.23. The van der Waals surface area contributed by atoms with Crippen molar-refractivity contribution in [1.82, 2.24) is 19.8 Å². The molecule has 2 heterocycles. The molecule has 0 unspecified atom stereocenters. The smallest absolute Gasteiger partial charge is 0.234 e. The molecule has 0 aromatic carbocycles. The van der Waals surface area contributed by atoms with Gasteiger partial charge in [-0.2, -0.15) is 9.61 Å². The molecule has 0 fully saturated rings. The van der Waals surface area contributed by atoms with Gasteiger partial charge in [0.1, 0.15) is 5.01 Å². The maximum atomic E-state index is 5.49. The molecule has 0 bridgehead atoms. The summed E-state index contributed by atoms with van der Waals surface area (Å²) in [7, 11) is 0. The first-order valence-corrected chi connectivity index (χ1v) is 6.25. The van der Waals surface area contributed by atoms with E-state index >= 15 is 0 Å². The lowest BCUT2D eigenvalue weighted by Gasteiger charge is -2.13. The fourth-order valence-electron chi connectivity index (χ4n) is 1.48. The van der Waals surface area contributed by atoms with Gasteiger partial charge < -0.3 is 5.73 Å². The molecule has 5 nitrogen and oxygen atoms in total. The van der Waals surface area contributed by atoms with Crippen molar-refractivity contribution in [3.05, 3.63) is 10.8 Å². The summed E-state index contributed by atoms with van der Waals surface area (Å²) < 4.78 is 1.86. The predicted molar refractivity (Wildman–Crippen MR) is 64.7 cm³/mol. The molecular formula is C10H17N5S. The van der Waals surface area contributed by atoms with Crippen LogP contribution in [0.15, 0.2) is 0 Å². The lowest BCUT2D eigenvalue weighted by molar-refractivity contribution is 0.526. The van der Waals surface area contributed by atoms with Gasteiger partial charge in [-0.05, 0) is 13.0 Å². The minimum absolute atomic E-state index is 0.0291. The van der Waals surface area contributed by atoms with Crippen LogP contribution in [0.4, 0.5) is 0 Å². The molecule has 0 aliphatic rings. The fourth-order valence-corrected chi connectivity index (χ4v) is 2.35. The number of nitrogens with two attached hydrogens (primary N) is 1. The summed E-state index contributed by atoms with van der Waals surface area (Å²) in [5.41, 5.74) is 5.46. The molecule has 16 heavy (non-hydrogen) atoms. The first kappa shape index (κ1) is 11.5. The standard InChI is InChI=1S/C10H17N5S/c1-10(2,3)8-12-13-9-15(8)14-7(16-9)5-4-6-11/h4-6,11H2,1-3H3. The molecule has 2 N–H and O–H groups in total. The third kappa shape index (κ3) is 2.08. The van der Waals surface area contributed by atoms with Gasteiger partial charge in [-0.3, -0.25) is 0 Å². The molecule has 0 radical (unpaired) electrons. The van der Waals surface area contributed by atoms with Crippen LogP contribution < -0.4 is 5.73 Å². The molecule has 0 saturated heterocycles. The highest BCUT2D eigenvalue weighted by Crippen LogP contribution is 2.23. The predicted octanol–water partition coefficient (Wildman–Crippen LogP) is 1.37. The molecule has 0 atom stereocenters. The SMILES string of the molecule is CC(C)(C)c1nnc2sc(CCCN)nn12. The Balaban J connectivity index is 2.36. The third-order valence-electron chi connectivity index (χ3n) is 2.30. The number of fused-ring (bicyclic) bond motifs is 1. The second-order valence-corrected chi connectivity index (χ2v) is 5.90. The van der Waals surface area contributed by atoms with Crippen molar-refractivity contribution in [3.8, 4) is 0 Å². The van der Waals surface area contributed by atoms with E-state index in [9.17, 15) is 0 Å². The minimum Gasteiger partial charge on any atom is -0.330 e. The Morgan fingerprint density at radius 1 is 1.31 bits per heavy atom. The van der Waals surface area contributed by atoms with E-state index in [4.69, 9.17) is 5.73 Å². The average molecular weight is 239 g/mol. The lowest BCUT2D eigenvalue weighted by Crippen LogP contribution is -2.16. The Bertz CT molecular complexity index is 479. The largest absolute Gasteiger partial charge is 0.330 e. The summed E-state index contributed by atoms with van der Waals surface area (Å²) in [5.74, 6) is 0.915. The molecule has 2 rings (SSSR count). The van der Waals surface area contributed by atoms with Gasteiger partial charge in [0.05, 0.1) is 0 Å². The minimum atomic E-state index is -0.0291. The molecule has 0 aliphatic carbocycles. The monoisotopic (exact) mass is 239 g/mol. The van der Waals surface area contributed by atoms with Gasteiger partial charge >= 0.3 is 0 Å². The van der Waals surface area contributed by atoms with E-state index in [1.165, 1.54) is 0 Å². The number of rotatable bonds is 3. The zero-order chi connectivity index (χ0) is 11.8. The fraction of sp³-hybridized carbons (Fsp3) is 0.700. The summed E-state index contributed by atoms with van der Waals surface area (Å²) in [6.07, 6.45) is 1.89. The number of hydrogen-bond donors (Lipinski definition) is 1. The summed E-state index contributed by atoms with van der Waals surface area (Å²) in [5, 5.41) is 14.0. The zero-order valence-corrected chi connectivity index (χ0v) is 10.7. The van der Waals surface area contributed by atoms with E-state index in [-0.39, 0.29) is 5.41 Å². The Labute approximate surface area is 98.7 Å². The van der Waals surface area contributed by atoms with Crippen LogP contribution in [0.25, 0.3) is 4.96 Å². The van der Waals surface area contributed by atoms with Crippen LogP contribution in [-0.2, 0) is 11.8 Å². The van der Waals surface area contributed by atoms with Crippen LogP contribution in [0.2, 0.25) is 0 Å². The second kappa shape index (κ2) is 4.10. The summed E-state index contributed by atoms with van der Waals surface area (Å²) in [4.78, 5) is 0.872. The molecule has 2 aromatic rings. The van der Waals surface area contributed by atoms with Gasteiger partial charge in [0.15, 0.2) is 5.82 Å². The molecule has 0 spiro atoms. The first-order chi connectivity index (χ1) is 7.52. The highest BCUT2D eigenvalue weighted by molar-refractivity contribution is 7.16. The van der Waals surface area contributed by atoms with Crippen LogP contribution in [0.3, 0.4) is 0 Å². The molecule has 0 aliphatic heterocycles. The van der Waals surface area contributed by atoms with Crippen LogP contribution in [-0.4, -0.2) is 26.4 Å².